The second-order valence-corrected chi connectivity index (χ2v) is 13.1. The first kappa shape index (κ1) is 37.8. The molecule has 0 saturated carbocycles. The molecule has 2 atom stereocenters. The highest BCUT2D eigenvalue weighted by Gasteiger charge is 2.26. The molecule has 250 valence electrons. The molecule has 2 aromatic carbocycles. The number of carbonyl (C=O) groups excluding carboxylic acids is 4. The predicted molar refractivity (Wildman–Crippen MR) is 176 cm³/mol. The lowest BCUT2D eigenvalue weighted by molar-refractivity contribution is -0.143. The van der Waals surface area contributed by atoms with Crippen molar-refractivity contribution in [2.45, 2.75) is 77.7 Å². The molecule has 13 heteroatoms. The lowest BCUT2D eigenvalue weighted by atomic mass is 10.0. The molecule has 2 amide bonds. The molecule has 0 fully saturated rings. The van der Waals surface area contributed by atoms with Crippen LogP contribution in [0.3, 0.4) is 0 Å². The second kappa shape index (κ2) is 17.3. The van der Waals surface area contributed by atoms with Crippen molar-refractivity contribution >= 4 is 40.1 Å². The number of ether oxygens (including phenoxy) is 4. The van der Waals surface area contributed by atoms with Gasteiger partial charge in [-0.05, 0) is 82.5 Å². The summed E-state index contributed by atoms with van der Waals surface area (Å²) < 4.78 is 20.8. The highest BCUT2D eigenvalue weighted by atomic mass is 79.9. The van der Waals surface area contributed by atoms with Crippen LogP contribution in [-0.2, 0) is 41.4 Å². The highest BCUT2D eigenvalue weighted by Crippen LogP contribution is 2.19. The van der Waals surface area contributed by atoms with Crippen molar-refractivity contribution in [3.8, 4) is 11.3 Å². The van der Waals surface area contributed by atoms with Gasteiger partial charge in [-0.2, -0.15) is 5.10 Å². The molecule has 12 nitrogen and oxygen atoms in total. The molecule has 0 unspecified atom stereocenters. The van der Waals surface area contributed by atoms with Gasteiger partial charge in [-0.25, -0.2) is 19.2 Å². The Hall–Kier alpha value is -4.39. The smallest absolute Gasteiger partial charge is 0.408 e. The summed E-state index contributed by atoms with van der Waals surface area (Å²) in [5, 5.41) is 11.9. The molecule has 3 rings (SSSR count). The van der Waals surface area contributed by atoms with Crippen molar-refractivity contribution in [3.63, 3.8) is 0 Å². The fraction of sp³-hybridized carbons (Fsp3) is 0.424. The maximum Gasteiger partial charge on any atom is 0.408 e. The number of carbonyl (C=O) groups is 4. The number of aromatic amines is 1. The number of H-pyrrole nitrogens is 1. The second-order valence-electron chi connectivity index (χ2n) is 12.2. The third kappa shape index (κ3) is 14.1. The van der Waals surface area contributed by atoms with E-state index < -0.39 is 47.4 Å². The zero-order valence-corrected chi connectivity index (χ0v) is 29.0. The molecule has 0 aliphatic rings. The molecule has 46 heavy (non-hydrogen) atoms. The lowest BCUT2D eigenvalue weighted by Gasteiger charge is -2.22. The quantitative estimate of drug-likeness (QED) is 0.187. The minimum atomic E-state index is -0.836. The first-order chi connectivity index (χ1) is 21.5. The van der Waals surface area contributed by atoms with E-state index in [2.05, 4.69) is 36.8 Å². The van der Waals surface area contributed by atoms with Crippen LogP contribution in [0.15, 0.2) is 65.3 Å². The van der Waals surface area contributed by atoms with Crippen LogP contribution in [0.2, 0.25) is 0 Å². The molecule has 0 aliphatic heterocycles. The van der Waals surface area contributed by atoms with E-state index in [1.807, 2.05) is 54.6 Å². The van der Waals surface area contributed by atoms with Crippen molar-refractivity contribution in [2.75, 3.05) is 14.2 Å². The summed E-state index contributed by atoms with van der Waals surface area (Å²) >= 11 is 3.37. The van der Waals surface area contributed by atoms with Gasteiger partial charge < -0.3 is 29.6 Å². The maximum atomic E-state index is 12.0. The van der Waals surface area contributed by atoms with Gasteiger partial charge in [0.2, 0.25) is 0 Å². The third-order valence-corrected chi connectivity index (χ3v) is 6.35. The number of benzene rings is 2. The van der Waals surface area contributed by atoms with Crippen LogP contribution in [0.5, 0.6) is 0 Å². The first-order valence-corrected chi connectivity index (χ1v) is 15.3. The molecule has 0 saturated heterocycles. The van der Waals surface area contributed by atoms with Crippen molar-refractivity contribution in [3.05, 3.63) is 76.4 Å². The number of nitrogens with zero attached hydrogens (tertiary/aromatic N) is 1. The standard InChI is InChI=1S/C18H23N3O4.C15H20BrNO4/c1-18(2,3)25-17(23)20-15(16(22)24-4)11-12-6-5-7-13(10-12)14-8-9-19-21-14;1-15(2,3)21-14(19)17-12(13(18)20-4)9-10-6-5-7-11(16)8-10/h5-10,15H,11H2,1-4H3,(H,19,21)(H,20,23);5-8,12H,9H2,1-4H3,(H,17,19)/t15-;12-/m11/s1. The molecule has 3 N–H and O–H groups in total. The van der Waals surface area contributed by atoms with Crippen molar-refractivity contribution in [1.29, 1.82) is 0 Å². The van der Waals surface area contributed by atoms with E-state index in [1.165, 1.54) is 14.2 Å². The minimum Gasteiger partial charge on any atom is -0.467 e. The van der Waals surface area contributed by atoms with Crippen LogP contribution in [-0.4, -0.2) is 71.8 Å². The van der Waals surface area contributed by atoms with Crippen LogP contribution >= 0.6 is 15.9 Å². The summed E-state index contributed by atoms with van der Waals surface area (Å²) in [6.45, 7) is 10.5. The van der Waals surface area contributed by atoms with Crippen molar-refractivity contribution < 1.29 is 38.1 Å². The van der Waals surface area contributed by atoms with Gasteiger partial charge >= 0.3 is 24.1 Å². The third-order valence-electron chi connectivity index (χ3n) is 5.86. The Balaban J connectivity index is 0.000000326. The SMILES string of the molecule is COC(=O)[C@@H](Cc1cccc(-c2ccn[nH]2)c1)NC(=O)OC(C)(C)C.COC(=O)[C@@H](Cc1cccc(Br)c1)NC(=O)OC(C)(C)C. The molecule has 0 radical (unpaired) electrons. The van der Waals surface area contributed by atoms with E-state index in [0.717, 1.165) is 26.9 Å². The number of methoxy groups -OCH3 is 2. The molecule has 0 bridgehead atoms. The highest BCUT2D eigenvalue weighted by molar-refractivity contribution is 9.10. The van der Waals surface area contributed by atoms with Gasteiger partial charge in [-0.1, -0.05) is 46.3 Å². The predicted octanol–water partition coefficient (Wildman–Crippen LogP) is 5.74. The number of hydrogen-bond donors (Lipinski definition) is 3. The Morgan fingerprint density at radius 1 is 0.761 bits per heavy atom. The molecular weight excluding hydrogens is 660 g/mol. The summed E-state index contributed by atoms with van der Waals surface area (Å²) in [6.07, 6.45) is 0.975. The zero-order chi connectivity index (χ0) is 34.5. The molecule has 1 aromatic heterocycles. The Labute approximate surface area is 278 Å². The van der Waals surface area contributed by atoms with Gasteiger partial charge in [0.05, 0.1) is 19.9 Å². The number of amides is 2. The first-order valence-electron chi connectivity index (χ1n) is 14.5. The van der Waals surface area contributed by atoms with E-state index in [0.29, 0.717) is 6.42 Å². The largest absolute Gasteiger partial charge is 0.467 e. The van der Waals surface area contributed by atoms with E-state index in [9.17, 15) is 19.2 Å². The molecule has 0 aliphatic carbocycles. The van der Waals surface area contributed by atoms with Crippen molar-refractivity contribution in [2.24, 2.45) is 0 Å². The summed E-state index contributed by atoms with van der Waals surface area (Å²) in [5.41, 5.74) is 2.31. The summed E-state index contributed by atoms with van der Waals surface area (Å²) in [4.78, 5) is 47.6. The average molecular weight is 704 g/mol. The van der Waals surface area contributed by atoms with Gasteiger partial charge in [-0.3, -0.25) is 5.10 Å². The number of hydrogen-bond acceptors (Lipinski definition) is 9. The Bertz CT molecular complexity index is 1450. The van der Waals surface area contributed by atoms with Gasteiger partial charge in [-0.15, -0.1) is 0 Å². The number of halogens is 1. The molecular formula is C33H43BrN4O8. The number of esters is 2. The normalized spacial score (nSPS) is 12.4. The van der Waals surface area contributed by atoms with Gasteiger partial charge in [0.25, 0.3) is 0 Å². The summed E-state index contributed by atoms with van der Waals surface area (Å²) in [5.74, 6) is -1.04. The summed E-state index contributed by atoms with van der Waals surface area (Å²) in [6, 6.07) is 15.4. The fourth-order valence-electron chi connectivity index (χ4n) is 3.99. The fourth-order valence-corrected chi connectivity index (χ4v) is 4.44. The summed E-state index contributed by atoms with van der Waals surface area (Å²) in [7, 11) is 2.57. The van der Waals surface area contributed by atoms with Gasteiger partial charge in [0, 0.05) is 23.5 Å². The van der Waals surface area contributed by atoms with Crippen LogP contribution in [0.25, 0.3) is 11.3 Å². The van der Waals surface area contributed by atoms with Crippen LogP contribution < -0.4 is 10.6 Å². The van der Waals surface area contributed by atoms with Crippen LogP contribution in [0.1, 0.15) is 52.7 Å². The van der Waals surface area contributed by atoms with E-state index in [1.54, 1.807) is 47.7 Å². The number of rotatable bonds is 9. The average Bonchev–Trinajstić information content (AvgIpc) is 3.49. The van der Waals surface area contributed by atoms with Crippen LogP contribution in [0, 0.1) is 0 Å². The minimum absolute atomic E-state index is 0.286. The Kier molecular flexibility index (Phi) is 14.3. The Morgan fingerprint density at radius 2 is 1.24 bits per heavy atom. The number of nitrogens with one attached hydrogen (secondary N) is 3. The molecule has 0 spiro atoms. The Morgan fingerprint density at radius 3 is 1.65 bits per heavy atom. The number of aromatic nitrogens is 2. The number of alkyl carbamates (subject to hydrolysis) is 2. The van der Waals surface area contributed by atoms with E-state index in [-0.39, 0.29) is 6.42 Å². The molecule has 1 heterocycles. The zero-order valence-electron chi connectivity index (χ0n) is 27.4. The monoisotopic (exact) mass is 702 g/mol. The maximum absolute atomic E-state index is 12.0. The van der Waals surface area contributed by atoms with Crippen LogP contribution in [0.4, 0.5) is 9.59 Å². The van der Waals surface area contributed by atoms with Gasteiger partial charge in [0.15, 0.2) is 0 Å². The van der Waals surface area contributed by atoms with Gasteiger partial charge in [0.1, 0.15) is 23.3 Å². The lowest BCUT2D eigenvalue weighted by Crippen LogP contribution is -2.45. The van der Waals surface area contributed by atoms with E-state index in [4.69, 9.17) is 18.9 Å². The van der Waals surface area contributed by atoms with Crippen molar-refractivity contribution in [1.82, 2.24) is 20.8 Å². The molecule has 3 aromatic rings. The topological polar surface area (TPSA) is 158 Å². The van der Waals surface area contributed by atoms with E-state index >= 15 is 0 Å².